The van der Waals surface area contributed by atoms with Crippen LogP contribution in [0, 0.1) is 5.41 Å². The first-order valence-corrected chi connectivity index (χ1v) is 9.54. The van der Waals surface area contributed by atoms with Gasteiger partial charge in [0.1, 0.15) is 5.75 Å². The van der Waals surface area contributed by atoms with Crippen LogP contribution in [0.1, 0.15) is 39.9 Å². The highest BCUT2D eigenvalue weighted by atomic mass is 16.5. The number of nitrogens with zero attached hydrogens (tertiary/aromatic N) is 1. The topological polar surface area (TPSA) is 78.9 Å². The number of ether oxygens (including phenoxy) is 1. The Morgan fingerprint density at radius 2 is 1.96 bits per heavy atom. The van der Waals surface area contributed by atoms with Gasteiger partial charge in [-0.3, -0.25) is 14.8 Å². The third kappa shape index (κ3) is 3.36. The number of fused-ring (bicyclic) bond motifs is 1. The van der Waals surface area contributed by atoms with Crippen molar-refractivity contribution >= 4 is 11.8 Å². The summed E-state index contributed by atoms with van der Waals surface area (Å²) in [4.78, 5) is 25.0. The summed E-state index contributed by atoms with van der Waals surface area (Å²) >= 11 is 0. The predicted molar refractivity (Wildman–Crippen MR) is 103 cm³/mol. The number of rotatable bonds is 4. The van der Waals surface area contributed by atoms with E-state index in [2.05, 4.69) is 5.32 Å². The molecule has 1 atom stereocenters. The summed E-state index contributed by atoms with van der Waals surface area (Å²) in [6, 6.07) is 12.7. The van der Waals surface area contributed by atoms with Crippen molar-refractivity contribution in [3.8, 4) is 5.75 Å². The summed E-state index contributed by atoms with van der Waals surface area (Å²) in [5, 5.41) is 14.0. The maximum atomic E-state index is 12.7. The van der Waals surface area contributed by atoms with Crippen LogP contribution in [0.4, 0.5) is 0 Å². The fourth-order valence-electron chi connectivity index (χ4n) is 4.24. The van der Waals surface area contributed by atoms with E-state index in [4.69, 9.17) is 4.74 Å². The van der Waals surface area contributed by atoms with Gasteiger partial charge in [0.15, 0.2) is 0 Å². The molecule has 0 aromatic heterocycles. The Hall–Kier alpha value is -2.86. The van der Waals surface area contributed by atoms with Crippen LogP contribution in [-0.4, -0.2) is 35.7 Å². The van der Waals surface area contributed by atoms with Gasteiger partial charge in [-0.1, -0.05) is 18.2 Å². The molecule has 1 aliphatic heterocycles. The summed E-state index contributed by atoms with van der Waals surface area (Å²) in [7, 11) is 1.59. The minimum absolute atomic E-state index is 0.0895. The average Bonchev–Trinajstić information content (AvgIpc) is 3.06. The lowest BCUT2D eigenvalue weighted by Gasteiger charge is -2.32. The Balaban J connectivity index is 1.50. The maximum Gasteiger partial charge on any atom is 0.277 e. The summed E-state index contributed by atoms with van der Waals surface area (Å²) < 4.78 is 5.12. The molecule has 4 rings (SSSR count). The van der Waals surface area contributed by atoms with Crippen LogP contribution in [0.5, 0.6) is 5.75 Å². The fourth-order valence-corrected chi connectivity index (χ4v) is 4.24. The Kier molecular flexibility index (Phi) is 4.81. The number of nitrogens with one attached hydrogen (secondary N) is 1. The normalized spacial score (nSPS) is 20.6. The molecule has 1 aliphatic carbocycles. The minimum atomic E-state index is -0.450. The van der Waals surface area contributed by atoms with E-state index >= 15 is 0 Å². The number of aryl methyl sites for hydroxylation is 1. The number of carbonyl (C=O) groups excluding carboxylic acids is 2. The molecule has 0 radical (unpaired) electrons. The molecule has 6 nitrogen and oxygen atoms in total. The summed E-state index contributed by atoms with van der Waals surface area (Å²) in [5.74, 6) is 0.395. The van der Waals surface area contributed by atoms with Crippen molar-refractivity contribution < 1.29 is 19.5 Å². The van der Waals surface area contributed by atoms with Crippen LogP contribution >= 0.6 is 0 Å². The van der Waals surface area contributed by atoms with Gasteiger partial charge in [0.05, 0.1) is 19.1 Å². The second kappa shape index (κ2) is 7.28. The Morgan fingerprint density at radius 1 is 1.18 bits per heavy atom. The zero-order chi connectivity index (χ0) is 19.7. The highest BCUT2D eigenvalue weighted by Crippen LogP contribution is 2.41. The third-order valence-corrected chi connectivity index (χ3v) is 5.95. The second-order valence-corrected chi connectivity index (χ2v) is 7.66. The first kappa shape index (κ1) is 18.5. The van der Waals surface area contributed by atoms with E-state index in [-0.39, 0.29) is 17.9 Å². The van der Waals surface area contributed by atoms with Gasteiger partial charge in [-0.25, -0.2) is 5.06 Å². The van der Waals surface area contributed by atoms with Gasteiger partial charge >= 0.3 is 0 Å². The minimum Gasteiger partial charge on any atom is -0.497 e. The van der Waals surface area contributed by atoms with Crippen LogP contribution in [0.2, 0.25) is 0 Å². The SMILES string of the molecule is COc1ccc(CN(O)C(=O)c2ccc3c(c2)C[C@@]2(CCNC2=O)CC3)cc1. The molecule has 1 saturated heterocycles. The van der Waals surface area contributed by atoms with Gasteiger partial charge in [0.25, 0.3) is 5.91 Å². The summed E-state index contributed by atoms with van der Waals surface area (Å²) in [6.45, 7) is 0.811. The lowest BCUT2D eigenvalue weighted by molar-refractivity contribution is -0.128. The zero-order valence-corrected chi connectivity index (χ0v) is 15.9. The molecular weight excluding hydrogens is 356 g/mol. The quantitative estimate of drug-likeness (QED) is 0.631. The van der Waals surface area contributed by atoms with Crippen molar-refractivity contribution in [3.63, 3.8) is 0 Å². The molecular formula is C22H24N2O4. The first-order chi connectivity index (χ1) is 13.5. The average molecular weight is 380 g/mol. The van der Waals surface area contributed by atoms with Crippen molar-refractivity contribution in [2.75, 3.05) is 13.7 Å². The molecule has 0 saturated carbocycles. The highest BCUT2D eigenvalue weighted by molar-refractivity contribution is 5.94. The number of amides is 2. The molecule has 1 heterocycles. The van der Waals surface area contributed by atoms with Crippen LogP contribution < -0.4 is 10.1 Å². The molecule has 28 heavy (non-hydrogen) atoms. The van der Waals surface area contributed by atoms with Gasteiger partial charge in [0.2, 0.25) is 5.91 Å². The molecule has 2 aromatic rings. The van der Waals surface area contributed by atoms with Crippen LogP contribution in [0.3, 0.4) is 0 Å². The lowest BCUT2D eigenvalue weighted by Crippen LogP contribution is -2.36. The number of benzene rings is 2. The van der Waals surface area contributed by atoms with Crippen molar-refractivity contribution in [1.29, 1.82) is 0 Å². The van der Waals surface area contributed by atoms with Gasteiger partial charge in [-0.15, -0.1) is 0 Å². The number of methoxy groups -OCH3 is 1. The lowest BCUT2D eigenvalue weighted by atomic mass is 9.70. The monoisotopic (exact) mass is 380 g/mol. The summed E-state index contributed by atoms with van der Waals surface area (Å²) in [5.41, 5.74) is 3.12. The summed E-state index contributed by atoms with van der Waals surface area (Å²) in [6.07, 6.45) is 3.18. The molecule has 2 aliphatic rings. The second-order valence-electron chi connectivity index (χ2n) is 7.66. The van der Waals surface area contributed by atoms with E-state index in [1.165, 1.54) is 5.56 Å². The Labute approximate surface area is 164 Å². The van der Waals surface area contributed by atoms with E-state index in [9.17, 15) is 14.8 Å². The van der Waals surface area contributed by atoms with E-state index in [0.29, 0.717) is 12.0 Å². The number of hydrogen-bond acceptors (Lipinski definition) is 4. The van der Waals surface area contributed by atoms with E-state index in [1.807, 2.05) is 24.3 Å². The highest BCUT2D eigenvalue weighted by Gasteiger charge is 2.44. The van der Waals surface area contributed by atoms with Crippen molar-refractivity contribution in [2.45, 2.75) is 32.2 Å². The standard InChI is InChI=1S/C22H24N2O4/c1-28-19-6-2-15(3-7-19)14-24(27)20(25)17-5-4-16-8-9-22(13-18(16)12-17)10-11-23-21(22)26/h2-7,12,27H,8-11,13-14H2,1H3,(H,23,26)/t22-/m0/s1. The van der Waals surface area contributed by atoms with Crippen molar-refractivity contribution in [2.24, 2.45) is 5.41 Å². The van der Waals surface area contributed by atoms with Crippen LogP contribution in [0.15, 0.2) is 42.5 Å². The maximum absolute atomic E-state index is 12.7. The predicted octanol–water partition coefficient (Wildman–Crippen LogP) is 2.72. The van der Waals surface area contributed by atoms with E-state index in [0.717, 1.165) is 47.7 Å². The molecule has 1 spiro atoms. The molecule has 2 amide bonds. The van der Waals surface area contributed by atoms with Gasteiger partial charge in [-0.2, -0.15) is 0 Å². The molecule has 2 N–H and O–H groups in total. The van der Waals surface area contributed by atoms with Crippen molar-refractivity contribution in [1.82, 2.24) is 10.4 Å². The van der Waals surface area contributed by atoms with Gasteiger partial charge < -0.3 is 10.1 Å². The first-order valence-electron chi connectivity index (χ1n) is 9.54. The molecule has 1 fully saturated rings. The molecule has 146 valence electrons. The third-order valence-electron chi connectivity index (χ3n) is 5.95. The largest absolute Gasteiger partial charge is 0.497 e. The molecule has 2 aromatic carbocycles. The molecule has 6 heteroatoms. The smallest absolute Gasteiger partial charge is 0.277 e. The zero-order valence-electron chi connectivity index (χ0n) is 15.9. The van der Waals surface area contributed by atoms with E-state index in [1.54, 1.807) is 25.3 Å². The van der Waals surface area contributed by atoms with Crippen LogP contribution in [0.25, 0.3) is 0 Å². The van der Waals surface area contributed by atoms with Crippen molar-refractivity contribution in [3.05, 3.63) is 64.7 Å². The van der Waals surface area contributed by atoms with E-state index < -0.39 is 5.91 Å². The van der Waals surface area contributed by atoms with Gasteiger partial charge in [0, 0.05) is 12.1 Å². The number of hydrogen-bond donors (Lipinski definition) is 2. The molecule has 0 bridgehead atoms. The number of hydroxylamine groups is 2. The molecule has 0 unspecified atom stereocenters. The Morgan fingerprint density at radius 3 is 2.64 bits per heavy atom. The van der Waals surface area contributed by atoms with Crippen LogP contribution in [-0.2, 0) is 24.2 Å². The van der Waals surface area contributed by atoms with Gasteiger partial charge in [-0.05, 0) is 66.6 Å². The number of carbonyl (C=O) groups is 2. The fraction of sp³-hybridized carbons (Fsp3) is 0.364. The Bertz CT molecular complexity index is 909.